The number of likely N-dealkylation sites (tertiary alicyclic amines) is 1. The van der Waals surface area contributed by atoms with Crippen molar-refractivity contribution in [2.24, 2.45) is 11.7 Å². The van der Waals surface area contributed by atoms with Crippen molar-refractivity contribution in [3.05, 3.63) is 0 Å². The molecule has 1 aliphatic carbocycles. The number of hydrogen-bond acceptors (Lipinski definition) is 3. The number of rotatable bonds is 3. The highest BCUT2D eigenvalue weighted by Crippen LogP contribution is 2.23. The maximum absolute atomic E-state index is 11.9. The van der Waals surface area contributed by atoms with Gasteiger partial charge in [-0.2, -0.15) is 0 Å². The van der Waals surface area contributed by atoms with Gasteiger partial charge >= 0.3 is 0 Å². The van der Waals surface area contributed by atoms with Crippen LogP contribution in [0.25, 0.3) is 0 Å². The van der Waals surface area contributed by atoms with E-state index in [-0.39, 0.29) is 30.3 Å². The third-order valence-electron chi connectivity index (χ3n) is 4.03. The highest BCUT2D eigenvalue weighted by atomic mass is 16.2. The second kappa shape index (κ2) is 6.18. The smallest absolute Gasteiger partial charge is 0.241 e. The molecule has 2 aliphatic rings. The maximum atomic E-state index is 11.9. The molecular weight excluding hydrogens is 230 g/mol. The summed E-state index contributed by atoms with van der Waals surface area (Å²) >= 11 is 0. The molecule has 1 saturated carbocycles. The molecule has 2 fully saturated rings. The molecule has 18 heavy (non-hydrogen) atoms. The number of piperidine rings is 1. The minimum atomic E-state index is -0.0980. The van der Waals surface area contributed by atoms with E-state index in [1.165, 1.54) is 6.42 Å². The van der Waals surface area contributed by atoms with Crippen LogP contribution in [0.4, 0.5) is 0 Å². The molecule has 0 bridgehead atoms. The Kier molecular flexibility index (Phi) is 4.58. The summed E-state index contributed by atoms with van der Waals surface area (Å²) in [6.45, 7) is 1.79. The molecule has 0 aromatic rings. The van der Waals surface area contributed by atoms with Crippen molar-refractivity contribution in [1.82, 2.24) is 10.2 Å². The first kappa shape index (κ1) is 13.3. The lowest BCUT2D eigenvalue weighted by molar-refractivity contribution is -0.134. The zero-order valence-electron chi connectivity index (χ0n) is 10.9. The van der Waals surface area contributed by atoms with Gasteiger partial charge in [-0.15, -0.1) is 0 Å². The summed E-state index contributed by atoms with van der Waals surface area (Å²) in [4.78, 5) is 25.6. The number of carbonyl (C=O) groups is 2. The van der Waals surface area contributed by atoms with Gasteiger partial charge in [-0.05, 0) is 32.1 Å². The summed E-state index contributed by atoms with van der Waals surface area (Å²) in [6, 6.07) is -0.0323. The Morgan fingerprint density at radius 3 is 2.44 bits per heavy atom. The fourth-order valence-electron chi connectivity index (χ4n) is 2.86. The largest absolute Gasteiger partial charge is 0.347 e. The lowest BCUT2D eigenvalue weighted by Crippen LogP contribution is -2.45. The van der Waals surface area contributed by atoms with E-state index in [0.717, 1.165) is 45.2 Å². The Morgan fingerprint density at radius 1 is 1.11 bits per heavy atom. The predicted octanol–water partition coefficient (Wildman–Crippen LogP) is 0.242. The van der Waals surface area contributed by atoms with E-state index in [4.69, 9.17) is 5.73 Å². The average molecular weight is 253 g/mol. The molecule has 2 amide bonds. The number of nitrogens with two attached hydrogens (primary N) is 1. The Morgan fingerprint density at radius 2 is 1.83 bits per heavy atom. The summed E-state index contributed by atoms with van der Waals surface area (Å²) in [5.74, 6) is -0.112. The van der Waals surface area contributed by atoms with Crippen LogP contribution in [0.15, 0.2) is 0 Å². The molecular formula is C13H23N3O2. The van der Waals surface area contributed by atoms with Gasteiger partial charge in [-0.25, -0.2) is 0 Å². The highest BCUT2D eigenvalue weighted by molar-refractivity contribution is 5.86. The number of nitrogens with one attached hydrogen (secondary N) is 1. The van der Waals surface area contributed by atoms with Crippen LogP contribution in [-0.4, -0.2) is 42.4 Å². The first-order chi connectivity index (χ1) is 8.68. The number of hydrogen-bond donors (Lipinski definition) is 2. The molecule has 1 heterocycles. The van der Waals surface area contributed by atoms with Gasteiger partial charge in [0.1, 0.15) is 0 Å². The molecule has 0 aromatic heterocycles. The van der Waals surface area contributed by atoms with Crippen LogP contribution in [0.1, 0.15) is 38.5 Å². The minimum absolute atomic E-state index is 0.0323. The quantitative estimate of drug-likeness (QED) is 0.756. The lowest BCUT2D eigenvalue weighted by Gasteiger charge is -2.27. The third kappa shape index (κ3) is 3.22. The summed E-state index contributed by atoms with van der Waals surface area (Å²) in [7, 11) is 0. The van der Waals surface area contributed by atoms with Crippen molar-refractivity contribution in [3.63, 3.8) is 0 Å². The van der Waals surface area contributed by atoms with E-state index >= 15 is 0 Å². The van der Waals surface area contributed by atoms with Gasteiger partial charge < -0.3 is 16.0 Å². The van der Waals surface area contributed by atoms with Crippen molar-refractivity contribution >= 4 is 11.8 Å². The van der Waals surface area contributed by atoms with Gasteiger partial charge in [0, 0.05) is 19.1 Å². The first-order valence-corrected chi connectivity index (χ1v) is 6.99. The fraction of sp³-hybridized carbons (Fsp3) is 0.846. The molecule has 2 unspecified atom stereocenters. The Bertz CT molecular complexity index is 313. The highest BCUT2D eigenvalue weighted by Gasteiger charge is 2.30. The summed E-state index contributed by atoms with van der Waals surface area (Å²) in [5, 5.41) is 2.74. The van der Waals surface area contributed by atoms with Gasteiger partial charge in [-0.3, -0.25) is 9.59 Å². The molecule has 0 aromatic carbocycles. The maximum Gasteiger partial charge on any atom is 0.241 e. The molecule has 2 rings (SSSR count). The molecule has 102 valence electrons. The van der Waals surface area contributed by atoms with Gasteiger partial charge in [-0.1, -0.05) is 6.42 Å². The van der Waals surface area contributed by atoms with Crippen molar-refractivity contribution in [2.45, 2.75) is 44.6 Å². The second-order valence-corrected chi connectivity index (χ2v) is 5.36. The van der Waals surface area contributed by atoms with Crippen molar-refractivity contribution in [2.75, 3.05) is 19.6 Å². The average Bonchev–Trinajstić information content (AvgIpc) is 2.83. The van der Waals surface area contributed by atoms with Crippen LogP contribution in [0, 0.1) is 5.92 Å². The summed E-state index contributed by atoms with van der Waals surface area (Å²) in [5.41, 5.74) is 5.87. The SMILES string of the molecule is NC1CCCC1C(=O)NCC(=O)N1CCCCC1. The van der Waals surface area contributed by atoms with Crippen LogP contribution in [0.3, 0.4) is 0 Å². The van der Waals surface area contributed by atoms with Crippen LogP contribution >= 0.6 is 0 Å². The molecule has 3 N–H and O–H groups in total. The Balaban J connectivity index is 1.73. The van der Waals surface area contributed by atoms with Crippen molar-refractivity contribution in [1.29, 1.82) is 0 Å². The molecule has 0 spiro atoms. The number of nitrogens with zero attached hydrogens (tertiary/aromatic N) is 1. The van der Waals surface area contributed by atoms with Crippen molar-refractivity contribution < 1.29 is 9.59 Å². The number of carbonyl (C=O) groups excluding carboxylic acids is 2. The fourth-order valence-corrected chi connectivity index (χ4v) is 2.86. The zero-order valence-corrected chi connectivity index (χ0v) is 10.9. The van der Waals surface area contributed by atoms with Crippen LogP contribution in [-0.2, 0) is 9.59 Å². The van der Waals surface area contributed by atoms with E-state index in [2.05, 4.69) is 5.32 Å². The molecule has 5 heteroatoms. The van der Waals surface area contributed by atoms with E-state index in [1.54, 1.807) is 0 Å². The van der Waals surface area contributed by atoms with Crippen LogP contribution < -0.4 is 11.1 Å². The van der Waals surface area contributed by atoms with Crippen LogP contribution in [0.5, 0.6) is 0 Å². The molecule has 1 saturated heterocycles. The third-order valence-corrected chi connectivity index (χ3v) is 4.03. The summed E-state index contributed by atoms with van der Waals surface area (Å²) < 4.78 is 0. The molecule has 2 atom stereocenters. The van der Waals surface area contributed by atoms with Gasteiger partial charge in [0.25, 0.3) is 0 Å². The minimum Gasteiger partial charge on any atom is -0.347 e. The first-order valence-electron chi connectivity index (χ1n) is 6.99. The standard InChI is InChI=1S/C13H23N3O2/c14-11-6-4-5-10(11)13(18)15-9-12(17)16-7-2-1-3-8-16/h10-11H,1-9,14H2,(H,15,18). The predicted molar refractivity (Wildman–Crippen MR) is 68.8 cm³/mol. The lowest BCUT2D eigenvalue weighted by atomic mass is 10.0. The molecule has 5 nitrogen and oxygen atoms in total. The number of amides is 2. The van der Waals surface area contributed by atoms with Gasteiger partial charge in [0.2, 0.25) is 11.8 Å². The Labute approximate surface area is 108 Å². The van der Waals surface area contributed by atoms with E-state index < -0.39 is 0 Å². The van der Waals surface area contributed by atoms with Crippen LogP contribution in [0.2, 0.25) is 0 Å². The van der Waals surface area contributed by atoms with E-state index in [0.29, 0.717) is 0 Å². The second-order valence-electron chi connectivity index (χ2n) is 5.36. The van der Waals surface area contributed by atoms with E-state index in [9.17, 15) is 9.59 Å². The van der Waals surface area contributed by atoms with E-state index in [1.807, 2.05) is 4.90 Å². The molecule has 0 radical (unpaired) electrons. The topological polar surface area (TPSA) is 75.4 Å². The van der Waals surface area contributed by atoms with Crippen molar-refractivity contribution in [3.8, 4) is 0 Å². The molecule has 1 aliphatic heterocycles. The Hall–Kier alpha value is -1.10. The monoisotopic (exact) mass is 253 g/mol. The van der Waals surface area contributed by atoms with Gasteiger partial charge in [0.05, 0.1) is 12.5 Å². The summed E-state index contributed by atoms with van der Waals surface area (Å²) in [6.07, 6.45) is 6.13. The zero-order chi connectivity index (χ0) is 13.0. The van der Waals surface area contributed by atoms with Gasteiger partial charge in [0.15, 0.2) is 0 Å². The normalized spacial score (nSPS) is 28.2.